The zero-order valence-electron chi connectivity index (χ0n) is 20.5. The number of fused-ring (bicyclic) bond motifs is 3. The number of hydrogen-bond acceptors (Lipinski definition) is 1. The van der Waals surface area contributed by atoms with Crippen LogP contribution in [0.2, 0.25) is 0 Å². The quantitative estimate of drug-likeness (QED) is 0.291. The van der Waals surface area contributed by atoms with Crippen LogP contribution in [0.4, 0.5) is 17.1 Å². The van der Waals surface area contributed by atoms with Crippen LogP contribution in [0.15, 0.2) is 109 Å². The van der Waals surface area contributed by atoms with E-state index in [0.29, 0.717) is 5.92 Å². The van der Waals surface area contributed by atoms with Crippen molar-refractivity contribution >= 4 is 22.6 Å². The molecule has 6 rings (SSSR count). The minimum Gasteiger partial charge on any atom is -0.310 e. The highest BCUT2D eigenvalue weighted by atomic mass is 15.1. The molecule has 2 aliphatic rings. The molecule has 0 bridgehead atoms. The minimum atomic E-state index is 0.402. The van der Waals surface area contributed by atoms with E-state index in [0.717, 1.165) is 19.3 Å². The van der Waals surface area contributed by atoms with Gasteiger partial charge in [0.15, 0.2) is 0 Å². The Bertz CT molecular complexity index is 1420. The summed E-state index contributed by atoms with van der Waals surface area (Å²) in [6.45, 7) is 4.54. The fourth-order valence-corrected chi connectivity index (χ4v) is 5.58. The van der Waals surface area contributed by atoms with E-state index >= 15 is 0 Å². The molecule has 0 spiro atoms. The van der Waals surface area contributed by atoms with Crippen molar-refractivity contribution in [3.05, 3.63) is 131 Å². The van der Waals surface area contributed by atoms with Gasteiger partial charge in [-0.05, 0) is 94.6 Å². The zero-order valence-corrected chi connectivity index (χ0v) is 20.5. The van der Waals surface area contributed by atoms with E-state index in [1.54, 1.807) is 0 Å². The van der Waals surface area contributed by atoms with Crippen molar-refractivity contribution in [2.45, 2.75) is 39.0 Å². The topological polar surface area (TPSA) is 3.24 Å². The standard InChI is InChI=1S/C34H31N/c1-3-25-13-17-28(18-14-25)35(29-19-15-27(16-20-29)26-9-5-4-6-10-26)30-21-22-33-32-12-8-7-11-31(32)24(2)34(33)23-30/h4-5,7-9,11-24H,3,6,10H2,1-2H3. The van der Waals surface area contributed by atoms with Crippen molar-refractivity contribution in [2.75, 3.05) is 4.90 Å². The first kappa shape index (κ1) is 21.7. The molecule has 0 saturated carbocycles. The van der Waals surface area contributed by atoms with Crippen molar-refractivity contribution in [1.82, 2.24) is 0 Å². The molecule has 4 aromatic carbocycles. The predicted molar refractivity (Wildman–Crippen MR) is 150 cm³/mol. The van der Waals surface area contributed by atoms with E-state index in [-0.39, 0.29) is 0 Å². The molecule has 0 amide bonds. The average molecular weight is 454 g/mol. The highest BCUT2D eigenvalue weighted by Crippen LogP contribution is 2.47. The maximum atomic E-state index is 2.40. The summed E-state index contributed by atoms with van der Waals surface area (Å²) in [5.74, 6) is 0.402. The molecule has 0 radical (unpaired) electrons. The summed E-state index contributed by atoms with van der Waals surface area (Å²) in [6, 6.07) is 33.9. The first-order valence-electron chi connectivity index (χ1n) is 12.8. The smallest absolute Gasteiger partial charge is 0.0465 e. The van der Waals surface area contributed by atoms with Gasteiger partial charge in [0.25, 0.3) is 0 Å². The lowest BCUT2D eigenvalue weighted by Crippen LogP contribution is -2.10. The highest BCUT2D eigenvalue weighted by molar-refractivity contribution is 5.84. The van der Waals surface area contributed by atoms with Gasteiger partial charge in [-0.25, -0.2) is 0 Å². The Morgan fingerprint density at radius 1 is 0.743 bits per heavy atom. The molecule has 0 heterocycles. The summed E-state index contributed by atoms with van der Waals surface area (Å²) < 4.78 is 0. The normalized spacial score (nSPS) is 15.9. The van der Waals surface area contributed by atoms with Crippen molar-refractivity contribution in [2.24, 2.45) is 0 Å². The molecule has 0 N–H and O–H groups in total. The maximum Gasteiger partial charge on any atom is 0.0465 e. The number of nitrogens with zero attached hydrogens (tertiary/aromatic N) is 1. The molecule has 0 fully saturated rings. The zero-order chi connectivity index (χ0) is 23.8. The third kappa shape index (κ3) is 3.91. The van der Waals surface area contributed by atoms with Crippen LogP contribution in [0.3, 0.4) is 0 Å². The van der Waals surface area contributed by atoms with Crippen molar-refractivity contribution in [3.8, 4) is 11.1 Å². The SMILES string of the molecule is CCc1ccc(N(c2ccc(C3=CC=CCC3)cc2)c2ccc3c(c2)C(C)c2ccccc2-3)cc1. The van der Waals surface area contributed by atoms with Crippen LogP contribution in [-0.2, 0) is 6.42 Å². The van der Waals surface area contributed by atoms with Crippen LogP contribution in [0.25, 0.3) is 16.7 Å². The third-order valence-corrected chi connectivity index (χ3v) is 7.59. The molecular formula is C34H31N. The summed E-state index contributed by atoms with van der Waals surface area (Å²) in [6.07, 6.45) is 9.96. The highest BCUT2D eigenvalue weighted by Gasteiger charge is 2.26. The van der Waals surface area contributed by atoms with Crippen molar-refractivity contribution in [3.63, 3.8) is 0 Å². The predicted octanol–water partition coefficient (Wildman–Crippen LogP) is 9.58. The summed E-state index contributed by atoms with van der Waals surface area (Å²) in [7, 11) is 0. The monoisotopic (exact) mass is 453 g/mol. The van der Waals surface area contributed by atoms with Crippen LogP contribution in [-0.4, -0.2) is 0 Å². The van der Waals surface area contributed by atoms with Crippen LogP contribution >= 0.6 is 0 Å². The van der Waals surface area contributed by atoms with Crippen molar-refractivity contribution in [1.29, 1.82) is 0 Å². The van der Waals surface area contributed by atoms with Gasteiger partial charge in [0, 0.05) is 23.0 Å². The fraction of sp³-hybridized carbons (Fsp3) is 0.176. The third-order valence-electron chi connectivity index (χ3n) is 7.59. The number of allylic oxidation sites excluding steroid dienone is 4. The second-order valence-electron chi connectivity index (χ2n) is 9.64. The maximum absolute atomic E-state index is 2.40. The molecule has 1 heteroatoms. The molecule has 2 aliphatic carbocycles. The van der Waals surface area contributed by atoms with E-state index in [1.807, 2.05) is 0 Å². The van der Waals surface area contributed by atoms with Gasteiger partial charge >= 0.3 is 0 Å². The Kier molecular flexibility index (Phi) is 5.62. The summed E-state index contributed by atoms with van der Waals surface area (Å²) >= 11 is 0. The first-order valence-corrected chi connectivity index (χ1v) is 12.8. The van der Waals surface area contributed by atoms with Gasteiger partial charge in [-0.3, -0.25) is 0 Å². The lowest BCUT2D eigenvalue weighted by molar-refractivity contribution is 0.956. The van der Waals surface area contributed by atoms with E-state index in [1.165, 1.54) is 56.0 Å². The van der Waals surface area contributed by atoms with E-state index in [4.69, 9.17) is 0 Å². The number of benzene rings is 4. The number of aryl methyl sites for hydroxylation is 1. The second-order valence-corrected chi connectivity index (χ2v) is 9.64. The molecule has 1 unspecified atom stereocenters. The summed E-state index contributed by atoms with van der Waals surface area (Å²) in [5.41, 5.74) is 13.3. The molecule has 1 atom stereocenters. The first-order chi connectivity index (χ1) is 17.2. The molecule has 35 heavy (non-hydrogen) atoms. The molecule has 1 nitrogen and oxygen atoms in total. The van der Waals surface area contributed by atoms with Crippen LogP contribution in [0.1, 0.15) is 54.9 Å². The minimum absolute atomic E-state index is 0.402. The lowest BCUT2D eigenvalue weighted by atomic mass is 9.97. The van der Waals surface area contributed by atoms with Crippen molar-refractivity contribution < 1.29 is 0 Å². The van der Waals surface area contributed by atoms with Gasteiger partial charge in [0.1, 0.15) is 0 Å². The molecular weight excluding hydrogens is 422 g/mol. The van der Waals surface area contributed by atoms with Gasteiger partial charge in [0.05, 0.1) is 0 Å². The van der Waals surface area contributed by atoms with E-state index in [2.05, 4.69) is 128 Å². The summed E-state index contributed by atoms with van der Waals surface area (Å²) in [4.78, 5) is 2.40. The van der Waals surface area contributed by atoms with Gasteiger partial charge in [-0.15, -0.1) is 0 Å². The summed E-state index contributed by atoms with van der Waals surface area (Å²) in [5, 5.41) is 0. The van der Waals surface area contributed by atoms with E-state index in [9.17, 15) is 0 Å². The second kappa shape index (κ2) is 9.07. The van der Waals surface area contributed by atoms with Crippen LogP contribution < -0.4 is 4.90 Å². The largest absolute Gasteiger partial charge is 0.310 e. The Hall–Kier alpha value is -3.84. The number of rotatable bonds is 5. The Morgan fingerprint density at radius 2 is 1.43 bits per heavy atom. The van der Waals surface area contributed by atoms with Gasteiger partial charge in [-0.1, -0.05) is 86.7 Å². The van der Waals surface area contributed by atoms with Gasteiger partial charge in [-0.2, -0.15) is 0 Å². The van der Waals surface area contributed by atoms with Gasteiger partial charge in [0.2, 0.25) is 0 Å². The van der Waals surface area contributed by atoms with Crippen LogP contribution in [0.5, 0.6) is 0 Å². The molecule has 0 aromatic heterocycles. The number of hydrogen-bond donors (Lipinski definition) is 0. The Balaban J connectivity index is 1.43. The Morgan fingerprint density at radius 3 is 2.14 bits per heavy atom. The molecule has 172 valence electrons. The Labute approximate surface area is 209 Å². The molecule has 0 aliphatic heterocycles. The van der Waals surface area contributed by atoms with E-state index < -0.39 is 0 Å². The van der Waals surface area contributed by atoms with Gasteiger partial charge < -0.3 is 4.90 Å². The number of anilines is 3. The molecule has 0 saturated heterocycles. The molecule has 4 aromatic rings. The van der Waals surface area contributed by atoms with Crippen LogP contribution in [0, 0.1) is 0 Å². The lowest BCUT2D eigenvalue weighted by Gasteiger charge is -2.27. The average Bonchev–Trinajstić information content (AvgIpc) is 3.22. The fourth-order valence-electron chi connectivity index (χ4n) is 5.58.